The Labute approximate surface area is 270 Å². The van der Waals surface area contributed by atoms with E-state index in [4.69, 9.17) is 0 Å². The number of carbonyl (C=O) groups excluding carboxylic acids is 4. The number of fused-ring (bicyclic) bond motifs is 4. The van der Waals surface area contributed by atoms with Crippen LogP contribution in [0.25, 0.3) is 0 Å². The van der Waals surface area contributed by atoms with Crippen LogP contribution < -0.4 is 0 Å². The third-order valence-corrected chi connectivity index (χ3v) is 11.7. The molecule has 2 heterocycles. The number of rotatable bonds is 6. The van der Waals surface area contributed by atoms with Crippen LogP contribution >= 0.6 is 0 Å². The SMILES string of the molecule is C=CCc1cccc([C@H]2C3=CC[C@@H]4C(=O)N(C5CCN(Cc6ccccc6)CC5)C(=O)[C@@H]4[C@@H]3C[C@H]3C(=O)C=C(C)C(=O)[C@@]23C)c1O. The normalized spacial score (nSPS) is 31.6. The number of nitrogens with zero attached hydrogens (tertiary/aromatic N) is 2. The fraction of sp³-hybridized carbons (Fsp3) is 0.436. The lowest BCUT2D eigenvalue weighted by atomic mass is 9.47. The van der Waals surface area contributed by atoms with Crippen molar-refractivity contribution in [2.45, 2.75) is 64.5 Å². The maximum Gasteiger partial charge on any atom is 0.233 e. The van der Waals surface area contributed by atoms with E-state index in [0.29, 0.717) is 36.0 Å². The molecule has 5 aliphatic rings. The van der Waals surface area contributed by atoms with Gasteiger partial charge < -0.3 is 5.11 Å². The Hall–Kier alpha value is -4.10. The quantitative estimate of drug-likeness (QED) is 0.338. The van der Waals surface area contributed by atoms with Crippen LogP contribution in [0.2, 0.25) is 0 Å². The molecule has 2 saturated heterocycles. The van der Waals surface area contributed by atoms with Crippen molar-refractivity contribution in [3.8, 4) is 5.75 Å². The summed E-state index contributed by atoms with van der Waals surface area (Å²) in [6.45, 7) is 9.84. The van der Waals surface area contributed by atoms with Gasteiger partial charge in [-0.15, -0.1) is 6.58 Å². The van der Waals surface area contributed by atoms with Gasteiger partial charge in [-0.05, 0) is 67.7 Å². The second-order valence-electron chi connectivity index (χ2n) is 14.1. The zero-order chi connectivity index (χ0) is 32.3. The van der Waals surface area contributed by atoms with Gasteiger partial charge in [0.2, 0.25) is 11.8 Å². The number of benzene rings is 2. The van der Waals surface area contributed by atoms with E-state index >= 15 is 0 Å². The molecule has 0 bridgehead atoms. The molecule has 3 fully saturated rings. The van der Waals surface area contributed by atoms with E-state index in [9.17, 15) is 24.3 Å². The van der Waals surface area contributed by atoms with Crippen LogP contribution in [0.5, 0.6) is 5.75 Å². The van der Waals surface area contributed by atoms with E-state index in [0.717, 1.165) is 38.0 Å². The molecule has 1 N–H and O–H groups in total. The molecule has 2 aromatic rings. The van der Waals surface area contributed by atoms with Crippen molar-refractivity contribution < 1.29 is 24.3 Å². The monoisotopic (exact) mass is 618 g/mol. The van der Waals surface area contributed by atoms with Crippen molar-refractivity contribution in [2.24, 2.45) is 29.1 Å². The largest absolute Gasteiger partial charge is 0.507 e. The molecule has 2 aliphatic heterocycles. The van der Waals surface area contributed by atoms with Crippen molar-refractivity contribution in [2.75, 3.05) is 13.1 Å². The summed E-state index contributed by atoms with van der Waals surface area (Å²) in [5.41, 5.74) is 2.74. The van der Waals surface area contributed by atoms with Crippen molar-refractivity contribution >= 4 is 23.4 Å². The zero-order valence-electron chi connectivity index (χ0n) is 26.7. The number of phenolic OH excluding ortho intramolecular Hbond substituents is 1. The number of hydrogen-bond donors (Lipinski definition) is 1. The third kappa shape index (κ3) is 4.65. The third-order valence-electron chi connectivity index (χ3n) is 11.7. The first-order valence-electron chi connectivity index (χ1n) is 16.7. The molecule has 238 valence electrons. The van der Waals surface area contributed by atoms with Crippen molar-refractivity contribution in [3.63, 3.8) is 0 Å². The number of phenols is 1. The first-order valence-corrected chi connectivity index (χ1v) is 16.7. The molecule has 0 aromatic heterocycles. The molecule has 1 saturated carbocycles. The zero-order valence-corrected chi connectivity index (χ0v) is 26.7. The second kappa shape index (κ2) is 11.6. The number of Topliss-reactive ketones (excluding diaryl/α,β-unsaturated/α-hetero) is 1. The second-order valence-corrected chi connectivity index (χ2v) is 14.1. The summed E-state index contributed by atoms with van der Waals surface area (Å²) in [6, 6.07) is 15.7. The van der Waals surface area contributed by atoms with Gasteiger partial charge in [-0.3, -0.25) is 29.0 Å². The van der Waals surface area contributed by atoms with Gasteiger partial charge in [0.15, 0.2) is 11.6 Å². The van der Waals surface area contributed by atoms with Gasteiger partial charge in [0.25, 0.3) is 0 Å². The van der Waals surface area contributed by atoms with Crippen LogP contribution in [0, 0.1) is 29.1 Å². The Bertz CT molecular complexity index is 1680. The highest BCUT2D eigenvalue weighted by atomic mass is 16.3. The molecule has 7 rings (SSSR count). The molecule has 2 aromatic carbocycles. The van der Waals surface area contributed by atoms with Crippen LogP contribution in [0.3, 0.4) is 0 Å². The first-order chi connectivity index (χ1) is 22.1. The Kier molecular flexibility index (Phi) is 7.71. The highest BCUT2D eigenvalue weighted by molar-refractivity contribution is 6.13. The average molecular weight is 619 g/mol. The fourth-order valence-corrected chi connectivity index (χ4v) is 9.47. The van der Waals surface area contributed by atoms with Crippen LogP contribution in [-0.4, -0.2) is 57.4 Å². The summed E-state index contributed by atoms with van der Waals surface area (Å²) in [6.07, 6.45) is 7.90. The van der Waals surface area contributed by atoms with Gasteiger partial charge in [-0.2, -0.15) is 0 Å². The number of likely N-dealkylation sites (tertiary alicyclic amines) is 2. The van der Waals surface area contributed by atoms with Gasteiger partial charge in [0, 0.05) is 43.1 Å². The summed E-state index contributed by atoms with van der Waals surface area (Å²) in [7, 11) is 0. The number of hydrogen-bond acceptors (Lipinski definition) is 6. The summed E-state index contributed by atoms with van der Waals surface area (Å²) in [4.78, 5) is 60.1. The molecule has 0 radical (unpaired) electrons. The van der Waals surface area contributed by atoms with E-state index in [-0.39, 0.29) is 41.1 Å². The maximum absolute atomic E-state index is 14.4. The fourth-order valence-electron chi connectivity index (χ4n) is 9.47. The minimum absolute atomic E-state index is 0.0983. The van der Waals surface area contributed by atoms with Crippen LogP contribution in [-0.2, 0) is 32.1 Å². The van der Waals surface area contributed by atoms with Crippen molar-refractivity contribution in [3.05, 3.63) is 101 Å². The molecule has 0 spiro atoms. The van der Waals surface area contributed by atoms with Crippen molar-refractivity contribution in [1.82, 2.24) is 9.80 Å². The van der Waals surface area contributed by atoms with Gasteiger partial charge in [0.1, 0.15) is 5.75 Å². The predicted molar refractivity (Wildman–Crippen MR) is 174 cm³/mol. The molecule has 2 amide bonds. The van der Waals surface area contributed by atoms with E-state index in [1.165, 1.54) is 11.6 Å². The molecule has 7 heteroatoms. The number of carbonyl (C=O) groups is 4. The number of aromatic hydroxyl groups is 1. The lowest BCUT2D eigenvalue weighted by Crippen LogP contribution is -2.55. The highest BCUT2D eigenvalue weighted by Gasteiger charge is 2.64. The topological polar surface area (TPSA) is 95.0 Å². The van der Waals surface area contributed by atoms with Gasteiger partial charge in [0.05, 0.1) is 17.3 Å². The van der Waals surface area contributed by atoms with Crippen LogP contribution in [0.1, 0.15) is 62.1 Å². The maximum atomic E-state index is 14.4. The Morgan fingerprint density at radius 3 is 2.43 bits per heavy atom. The molecular formula is C39H42N2O5. The Balaban J connectivity index is 1.22. The average Bonchev–Trinajstić information content (AvgIpc) is 3.31. The number of para-hydroxylation sites is 1. The molecule has 0 unspecified atom stereocenters. The summed E-state index contributed by atoms with van der Waals surface area (Å²) >= 11 is 0. The van der Waals surface area contributed by atoms with E-state index < -0.39 is 29.1 Å². The minimum atomic E-state index is -1.12. The van der Waals surface area contributed by atoms with E-state index in [1.54, 1.807) is 17.9 Å². The molecule has 46 heavy (non-hydrogen) atoms. The summed E-state index contributed by atoms with van der Waals surface area (Å²) < 4.78 is 0. The van der Waals surface area contributed by atoms with E-state index in [2.05, 4.69) is 29.7 Å². The van der Waals surface area contributed by atoms with Gasteiger partial charge in [-0.25, -0.2) is 0 Å². The summed E-state index contributed by atoms with van der Waals surface area (Å²) in [5, 5.41) is 11.6. The predicted octanol–water partition coefficient (Wildman–Crippen LogP) is 5.54. The lowest BCUT2D eigenvalue weighted by Gasteiger charge is -2.53. The number of allylic oxidation sites excluding steroid dienone is 5. The Morgan fingerprint density at radius 1 is 0.978 bits per heavy atom. The minimum Gasteiger partial charge on any atom is -0.507 e. The standard InChI is InChI=1S/C39H42N2O5/c1-4-9-25-12-8-13-29(35(25)43)34-27-14-15-28-33(30(27)21-31-32(42)20-23(2)36(44)39(31,34)3)38(46)41(37(28)45)26-16-18-40(19-17-26)22-24-10-6-5-7-11-24/h4-8,10-14,20,26,28,30-31,33-34,43H,1,9,15-19,21-22H2,2-3H3/t28-,30+,31-,33-,34+,39+/m0/s1. The molecule has 3 aliphatic carbocycles. The van der Waals surface area contributed by atoms with Gasteiger partial charge >= 0.3 is 0 Å². The van der Waals surface area contributed by atoms with Crippen molar-refractivity contribution in [1.29, 1.82) is 0 Å². The summed E-state index contributed by atoms with van der Waals surface area (Å²) in [5.74, 6) is -3.03. The lowest BCUT2D eigenvalue weighted by molar-refractivity contribution is -0.145. The number of amides is 2. The number of ketones is 2. The molecular weight excluding hydrogens is 576 g/mol. The smallest absolute Gasteiger partial charge is 0.233 e. The van der Waals surface area contributed by atoms with Crippen LogP contribution in [0.4, 0.5) is 0 Å². The molecule has 6 atom stereocenters. The first kappa shape index (κ1) is 30.5. The number of piperidine rings is 1. The molecule has 7 nitrogen and oxygen atoms in total. The van der Waals surface area contributed by atoms with E-state index in [1.807, 2.05) is 43.3 Å². The number of imide groups is 1. The van der Waals surface area contributed by atoms with Gasteiger partial charge in [-0.1, -0.05) is 73.2 Å². The highest BCUT2D eigenvalue weighted by Crippen LogP contribution is 2.63. The Morgan fingerprint density at radius 2 is 1.72 bits per heavy atom. The van der Waals surface area contributed by atoms with Crippen LogP contribution in [0.15, 0.2) is 84.5 Å².